The quantitative estimate of drug-likeness (QED) is 0.538. The van der Waals surface area contributed by atoms with Crippen molar-refractivity contribution >= 4 is 40.0 Å². The zero-order chi connectivity index (χ0) is 25.4. The summed E-state index contributed by atoms with van der Waals surface area (Å²) in [6.45, 7) is 10.6. The molecular formula is C27H31ClN6O2. The monoisotopic (exact) mass is 506 g/mol. The van der Waals surface area contributed by atoms with Crippen LogP contribution in [0.1, 0.15) is 46.1 Å². The predicted molar refractivity (Wildman–Crippen MR) is 146 cm³/mol. The van der Waals surface area contributed by atoms with Crippen molar-refractivity contribution in [3.63, 3.8) is 0 Å². The number of halogens is 1. The number of aromatic nitrogens is 3. The maximum absolute atomic E-state index is 13.6. The summed E-state index contributed by atoms with van der Waals surface area (Å²) in [5.74, 6) is 0.521. The minimum atomic E-state index is -0.183. The lowest BCUT2D eigenvalue weighted by Crippen LogP contribution is -2.40. The first-order chi connectivity index (χ1) is 17.3. The van der Waals surface area contributed by atoms with Crippen LogP contribution in [0.25, 0.3) is 22.2 Å². The SMILES string of the molecule is CCn1c(=O)c(-c2ccc(C3=NCCN=C3C)cc2Cl)cc2cnc(NC3CCOC(C)(C)C3)nc21. The van der Waals surface area contributed by atoms with Crippen molar-refractivity contribution in [3.8, 4) is 11.1 Å². The number of rotatable bonds is 5. The number of fused-ring (bicyclic) bond motifs is 1. The first-order valence-electron chi connectivity index (χ1n) is 12.4. The lowest BCUT2D eigenvalue weighted by atomic mass is 9.94. The van der Waals surface area contributed by atoms with Crippen LogP contribution in [0.4, 0.5) is 5.95 Å². The Hall–Kier alpha value is -3.10. The van der Waals surface area contributed by atoms with Crippen molar-refractivity contribution in [2.75, 3.05) is 25.0 Å². The zero-order valence-electron chi connectivity index (χ0n) is 21.1. The Morgan fingerprint density at radius 3 is 2.72 bits per heavy atom. The van der Waals surface area contributed by atoms with Crippen molar-refractivity contribution in [2.24, 2.45) is 9.98 Å². The molecule has 0 saturated carbocycles. The molecule has 1 atom stereocenters. The molecule has 5 rings (SSSR count). The van der Waals surface area contributed by atoms with E-state index in [1.54, 1.807) is 10.8 Å². The second-order valence-corrected chi connectivity index (χ2v) is 10.3. The largest absolute Gasteiger partial charge is 0.375 e. The maximum Gasteiger partial charge on any atom is 0.260 e. The van der Waals surface area contributed by atoms with Crippen molar-refractivity contribution < 1.29 is 4.74 Å². The molecule has 1 aromatic carbocycles. The van der Waals surface area contributed by atoms with Gasteiger partial charge in [0, 0.05) is 52.5 Å². The van der Waals surface area contributed by atoms with Gasteiger partial charge in [-0.25, -0.2) is 4.98 Å². The van der Waals surface area contributed by atoms with Crippen LogP contribution in [0.15, 0.2) is 45.2 Å². The van der Waals surface area contributed by atoms with Crippen molar-refractivity contribution in [1.29, 1.82) is 0 Å². The molecule has 4 heterocycles. The van der Waals surface area contributed by atoms with Crippen molar-refractivity contribution in [3.05, 3.63) is 51.4 Å². The molecule has 2 aliphatic heterocycles. The number of aryl methyl sites for hydroxylation is 1. The van der Waals surface area contributed by atoms with Gasteiger partial charge in [0.2, 0.25) is 5.95 Å². The highest BCUT2D eigenvalue weighted by Gasteiger charge is 2.29. The van der Waals surface area contributed by atoms with E-state index in [-0.39, 0.29) is 17.2 Å². The van der Waals surface area contributed by atoms with Crippen LogP contribution >= 0.6 is 11.6 Å². The van der Waals surface area contributed by atoms with Gasteiger partial charge in [-0.3, -0.25) is 19.3 Å². The summed E-state index contributed by atoms with van der Waals surface area (Å²) in [5.41, 5.74) is 4.12. The zero-order valence-corrected chi connectivity index (χ0v) is 21.9. The Bertz CT molecular complexity index is 1440. The number of hydrogen-bond acceptors (Lipinski definition) is 7. The van der Waals surface area contributed by atoms with E-state index in [0.717, 1.165) is 35.2 Å². The summed E-state index contributed by atoms with van der Waals surface area (Å²) in [6, 6.07) is 7.74. The summed E-state index contributed by atoms with van der Waals surface area (Å²) in [5, 5.41) is 4.71. The van der Waals surface area contributed by atoms with Gasteiger partial charge in [0.05, 0.1) is 30.1 Å². The van der Waals surface area contributed by atoms with Gasteiger partial charge in [-0.05, 0) is 52.7 Å². The summed E-state index contributed by atoms with van der Waals surface area (Å²) in [6.07, 6.45) is 3.51. The summed E-state index contributed by atoms with van der Waals surface area (Å²) in [4.78, 5) is 31.9. The van der Waals surface area contributed by atoms with E-state index in [9.17, 15) is 4.79 Å². The smallest absolute Gasteiger partial charge is 0.260 e. The Morgan fingerprint density at radius 2 is 2.00 bits per heavy atom. The minimum Gasteiger partial charge on any atom is -0.375 e. The fourth-order valence-corrected chi connectivity index (χ4v) is 5.28. The van der Waals surface area contributed by atoms with Gasteiger partial charge in [-0.2, -0.15) is 4.98 Å². The first-order valence-corrected chi connectivity index (χ1v) is 12.8. The van der Waals surface area contributed by atoms with E-state index in [1.165, 1.54) is 0 Å². The van der Waals surface area contributed by atoms with Gasteiger partial charge in [0.25, 0.3) is 5.56 Å². The number of nitrogens with one attached hydrogen (secondary N) is 1. The molecule has 0 bridgehead atoms. The predicted octanol–water partition coefficient (Wildman–Crippen LogP) is 4.76. The second kappa shape index (κ2) is 9.75. The van der Waals surface area contributed by atoms with E-state index in [4.69, 9.17) is 21.3 Å². The normalized spacial score (nSPS) is 19.6. The second-order valence-electron chi connectivity index (χ2n) is 9.91. The van der Waals surface area contributed by atoms with Gasteiger partial charge in [-0.1, -0.05) is 23.7 Å². The molecule has 8 nitrogen and oxygen atoms in total. The number of nitrogens with zero attached hydrogens (tertiary/aromatic N) is 5. The number of anilines is 1. The molecule has 9 heteroatoms. The molecule has 0 radical (unpaired) electrons. The molecule has 36 heavy (non-hydrogen) atoms. The van der Waals surface area contributed by atoms with Gasteiger partial charge >= 0.3 is 0 Å². The van der Waals surface area contributed by atoms with Gasteiger partial charge < -0.3 is 10.1 Å². The lowest BCUT2D eigenvalue weighted by Gasteiger charge is -2.35. The molecule has 188 valence electrons. The van der Waals surface area contributed by atoms with Crippen molar-refractivity contribution in [2.45, 2.75) is 58.7 Å². The van der Waals surface area contributed by atoms with Crippen LogP contribution in [-0.2, 0) is 11.3 Å². The fourth-order valence-electron chi connectivity index (χ4n) is 5.00. The molecule has 2 aliphatic rings. The van der Waals surface area contributed by atoms with E-state index in [2.05, 4.69) is 34.1 Å². The van der Waals surface area contributed by atoms with E-state index < -0.39 is 0 Å². The molecule has 1 saturated heterocycles. The minimum absolute atomic E-state index is 0.135. The average molecular weight is 507 g/mol. The third-order valence-corrected chi connectivity index (χ3v) is 7.08. The molecule has 1 unspecified atom stereocenters. The molecule has 1 fully saturated rings. The van der Waals surface area contributed by atoms with Gasteiger partial charge in [0.1, 0.15) is 5.65 Å². The Balaban J connectivity index is 1.51. The molecule has 2 aromatic heterocycles. The maximum atomic E-state index is 13.6. The highest BCUT2D eigenvalue weighted by Crippen LogP contribution is 2.30. The Morgan fingerprint density at radius 1 is 1.19 bits per heavy atom. The van der Waals surface area contributed by atoms with Crippen LogP contribution < -0.4 is 10.9 Å². The average Bonchev–Trinajstić information content (AvgIpc) is 2.84. The molecule has 3 aromatic rings. The summed E-state index contributed by atoms with van der Waals surface area (Å²) in [7, 11) is 0. The summed E-state index contributed by atoms with van der Waals surface area (Å²) >= 11 is 6.71. The lowest BCUT2D eigenvalue weighted by molar-refractivity contribution is -0.0553. The number of benzene rings is 1. The highest BCUT2D eigenvalue weighted by molar-refractivity contribution is 6.48. The van der Waals surface area contributed by atoms with Crippen LogP contribution in [0.2, 0.25) is 5.02 Å². The highest BCUT2D eigenvalue weighted by atomic mass is 35.5. The van der Waals surface area contributed by atoms with Crippen LogP contribution in [0.5, 0.6) is 0 Å². The third kappa shape index (κ3) is 4.80. The standard InChI is InChI=1S/C27H31ClN6O2/c1-5-34-24-18(15-31-26(33-24)32-19-8-11-36-27(3,4)14-19)12-21(25(34)35)20-7-6-17(13-22(20)28)23-16(2)29-9-10-30-23/h6-7,12-13,15,19H,5,8-11,14H2,1-4H3,(H,31,32,33). The third-order valence-electron chi connectivity index (χ3n) is 6.77. The molecule has 1 N–H and O–H groups in total. The van der Waals surface area contributed by atoms with Crippen LogP contribution in [-0.4, -0.2) is 57.3 Å². The van der Waals surface area contributed by atoms with E-state index >= 15 is 0 Å². The van der Waals surface area contributed by atoms with Crippen molar-refractivity contribution in [1.82, 2.24) is 14.5 Å². The first kappa shape index (κ1) is 24.6. The number of pyridine rings is 1. The molecule has 0 aliphatic carbocycles. The van der Waals surface area contributed by atoms with Crippen LogP contribution in [0.3, 0.4) is 0 Å². The Kier molecular flexibility index (Phi) is 6.66. The molecule has 0 amide bonds. The fraction of sp³-hybridized carbons (Fsp3) is 0.444. The molecule has 0 spiro atoms. The molecular weight excluding hydrogens is 476 g/mol. The number of aliphatic imine (C=N–C) groups is 2. The van der Waals surface area contributed by atoms with Gasteiger partial charge in [-0.15, -0.1) is 0 Å². The van der Waals surface area contributed by atoms with E-state index in [1.807, 2.05) is 38.1 Å². The number of ether oxygens (including phenoxy) is 1. The summed E-state index contributed by atoms with van der Waals surface area (Å²) < 4.78 is 7.50. The topological polar surface area (TPSA) is 93.8 Å². The number of hydrogen-bond donors (Lipinski definition) is 1. The van der Waals surface area contributed by atoms with E-state index in [0.29, 0.717) is 54.0 Å². The Labute approximate surface area is 215 Å². The van der Waals surface area contributed by atoms with Gasteiger partial charge in [0.15, 0.2) is 0 Å². The van der Waals surface area contributed by atoms with Crippen LogP contribution in [0, 0.1) is 0 Å².